The molecule has 0 aromatic heterocycles. The van der Waals surface area contributed by atoms with E-state index in [1.54, 1.807) is 0 Å². The lowest BCUT2D eigenvalue weighted by Crippen LogP contribution is -2.41. The number of carbonyl (C=O) groups is 1. The highest BCUT2D eigenvalue weighted by molar-refractivity contribution is 5.76. The molecule has 96 valence electrons. The number of rotatable bonds is 4. The topological polar surface area (TPSA) is 41.1 Å². The summed E-state index contributed by atoms with van der Waals surface area (Å²) in [7, 11) is 0. The first-order valence-electron chi connectivity index (χ1n) is 7.26. The third kappa shape index (κ3) is 2.82. The van der Waals surface area contributed by atoms with Crippen LogP contribution in [0.3, 0.4) is 0 Å². The second kappa shape index (κ2) is 4.60. The van der Waals surface area contributed by atoms with Gasteiger partial charge in [0.1, 0.15) is 0 Å². The molecule has 3 rings (SSSR count). The molecule has 1 saturated carbocycles. The summed E-state index contributed by atoms with van der Waals surface area (Å²) >= 11 is 0. The molecule has 0 aromatic carbocycles. The Bertz CT molecular complexity index is 289. The molecule has 3 atom stereocenters. The van der Waals surface area contributed by atoms with Crippen molar-refractivity contribution >= 4 is 5.91 Å². The van der Waals surface area contributed by atoms with Crippen molar-refractivity contribution in [2.45, 2.75) is 70.0 Å². The van der Waals surface area contributed by atoms with Gasteiger partial charge in [0.15, 0.2) is 0 Å². The first kappa shape index (κ1) is 11.5. The Balaban J connectivity index is 1.44. The van der Waals surface area contributed by atoms with E-state index in [1.165, 1.54) is 38.5 Å². The minimum Gasteiger partial charge on any atom is -0.353 e. The molecule has 3 fully saturated rings. The molecule has 3 nitrogen and oxygen atoms in total. The van der Waals surface area contributed by atoms with E-state index < -0.39 is 0 Å². The van der Waals surface area contributed by atoms with Gasteiger partial charge in [0.25, 0.3) is 0 Å². The van der Waals surface area contributed by atoms with Gasteiger partial charge in [-0.1, -0.05) is 0 Å². The van der Waals surface area contributed by atoms with Crippen molar-refractivity contribution < 1.29 is 4.79 Å². The summed E-state index contributed by atoms with van der Waals surface area (Å²) in [6, 6.07) is 1.81. The average molecular weight is 236 g/mol. The number of hydrogen-bond donors (Lipinski definition) is 2. The van der Waals surface area contributed by atoms with Gasteiger partial charge < -0.3 is 10.6 Å². The zero-order valence-electron chi connectivity index (χ0n) is 10.7. The Morgan fingerprint density at radius 3 is 2.47 bits per heavy atom. The van der Waals surface area contributed by atoms with Crippen molar-refractivity contribution in [3.63, 3.8) is 0 Å². The largest absolute Gasteiger partial charge is 0.353 e. The lowest BCUT2D eigenvalue weighted by atomic mass is 9.89. The maximum absolute atomic E-state index is 12.0. The van der Waals surface area contributed by atoms with Gasteiger partial charge >= 0.3 is 0 Å². The lowest BCUT2D eigenvalue weighted by Gasteiger charge is -2.29. The molecule has 2 bridgehead atoms. The van der Waals surface area contributed by atoms with Crippen molar-refractivity contribution in [3.05, 3.63) is 0 Å². The number of nitrogens with one attached hydrogen (secondary N) is 2. The minimum absolute atomic E-state index is 0.288. The van der Waals surface area contributed by atoms with Crippen molar-refractivity contribution in [1.29, 1.82) is 0 Å². The van der Waals surface area contributed by atoms with Crippen molar-refractivity contribution in [1.82, 2.24) is 10.6 Å². The summed E-state index contributed by atoms with van der Waals surface area (Å²) in [5, 5.41) is 6.81. The number of piperidine rings is 1. The highest BCUT2D eigenvalue weighted by Crippen LogP contribution is 2.34. The summed E-state index contributed by atoms with van der Waals surface area (Å²) in [5.74, 6) is 1.68. The number of amides is 1. The third-order valence-electron chi connectivity index (χ3n) is 4.76. The van der Waals surface area contributed by atoms with Crippen LogP contribution in [-0.4, -0.2) is 24.0 Å². The molecule has 0 spiro atoms. The Morgan fingerprint density at radius 2 is 1.88 bits per heavy atom. The van der Waals surface area contributed by atoms with Crippen LogP contribution in [0.1, 0.15) is 51.9 Å². The molecule has 3 unspecified atom stereocenters. The fourth-order valence-corrected chi connectivity index (χ4v) is 3.63. The van der Waals surface area contributed by atoms with Gasteiger partial charge in [0, 0.05) is 24.5 Å². The van der Waals surface area contributed by atoms with Crippen LogP contribution < -0.4 is 10.6 Å². The standard InChI is InChI=1S/C14H24N2O/c1-9(11-2-3-11)15-14(17)8-10-6-12-4-5-13(7-10)16-12/h9-13,16H,2-8H2,1H3,(H,15,17). The minimum atomic E-state index is 0.288. The monoisotopic (exact) mass is 236 g/mol. The molecule has 1 aliphatic carbocycles. The maximum Gasteiger partial charge on any atom is 0.220 e. The van der Waals surface area contributed by atoms with Gasteiger partial charge in [-0.05, 0) is 57.3 Å². The van der Waals surface area contributed by atoms with Crippen molar-refractivity contribution in [2.24, 2.45) is 11.8 Å². The van der Waals surface area contributed by atoms with Crippen LogP contribution in [0, 0.1) is 11.8 Å². The molecule has 2 heterocycles. The van der Waals surface area contributed by atoms with E-state index in [4.69, 9.17) is 0 Å². The van der Waals surface area contributed by atoms with Crippen LogP contribution in [0.15, 0.2) is 0 Å². The van der Waals surface area contributed by atoms with Gasteiger partial charge in [0.05, 0.1) is 0 Å². The third-order valence-corrected chi connectivity index (χ3v) is 4.76. The summed E-state index contributed by atoms with van der Waals surface area (Å²) in [5.41, 5.74) is 0. The van der Waals surface area contributed by atoms with E-state index in [0.717, 1.165) is 12.3 Å². The Hall–Kier alpha value is -0.570. The van der Waals surface area contributed by atoms with E-state index in [-0.39, 0.29) is 5.91 Å². The van der Waals surface area contributed by atoms with E-state index in [0.29, 0.717) is 24.0 Å². The number of carbonyl (C=O) groups excluding carboxylic acids is 1. The fourth-order valence-electron chi connectivity index (χ4n) is 3.63. The Kier molecular flexibility index (Phi) is 3.12. The molecule has 1 amide bonds. The molecule has 2 aliphatic heterocycles. The summed E-state index contributed by atoms with van der Waals surface area (Å²) in [4.78, 5) is 12.0. The van der Waals surface area contributed by atoms with Gasteiger partial charge in [0.2, 0.25) is 5.91 Å². The van der Waals surface area contributed by atoms with E-state index in [2.05, 4.69) is 17.6 Å². The molecule has 3 heteroatoms. The second-order valence-corrected chi connectivity index (χ2v) is 6.37. The van der Waals surface area contributed by atoms with Crippen LogP contribution >= 0.6 is 0 Å². The second-order valence-electron chi connectivity index (χ2n) is 6.37. The first-order chi connectivity index (χ1) is 8.20. The lowest BCUT2D eigenvalue weighted by molar-refractivity contribution is -0.123. The van der Waals surface area contributed by atoms with Crippen LogP contribution in [0.25, 0.3) is 0 Å². The van der Waals surface area contributed by atoms with Crippen molar-refractivity contribution in [2.75, 3.05) is 0 Å². The molecule has 0 radical (unpaired) electrons. The van der Waals surface area contributed by atoms with E-state index >= 15 is 0 Å². The normalized spacial score (nSPS) is 37.8. The Labute approximate surface area is 104 Å². The van der Waals surface area contributed by atoms with Gasteiger partial charge in [-0.2, -0.15) is 0 Å². The smallest absolute Gasteiger partial charge is 0.220 e. The molecular weight excluding hydrogens is 212 g/mol. The fraction of sp³-hybridized carbons (Fsp3) is 0.929. The molecule has 17 heavy (non-hydrogen) atoms. The van der Waals surface area contributed by atoms with Crippen LogP contribution in [0.5, 0.6) is 0 Å². The number of fused-ring (bicyclic) bond motifs is 2. The predicted octanol–water partition coefficient (Wildman–Crippen LogP) is 1.82. The molecule has 2 N–H and O–H groups in total. The van der Waals surface area contributed by atoms with Crippen molar-refractivity contribution in [3.8, 4) is 0 Å². The van der Waals surface area contributed by atoms with Crippen LogP contribution in [0.2, 0.25) is 0 Å². The maximum atomic E-state index is 12.0. The highest BCUT2D eigenvalue weighted by Gasteiger charge is 2.35. The Morgan fingerprint density at radius 1 is 1.24 bits per heavy atom. The molecule has 2 saturated heterocycles. The van der Waals surface area contributed by atoms with Gasteiger partial charge in [-0.15, -0.1) is 0 Å². The summed E-state index contributed by atoms with van der Waals surface area (Å²) in [6.07, 6.45) is 8.43. The summed E-state index contributed by atoms with van der Waals surface area (Å²) in [6.45, 7) is 2.15. The SMILES string of the molecule is CC(NC(=O)CC1CC2CCC(C1)N2)C1CC1. The van der Waals surface area contributed by atoms with E-state index in [9.17, 15) is 4.79 Å². The van der Waals surface area contributed by atoms with Crippen LogP contribution in [-0.2, 0) is 4.79 Å². The summed E-state index contributed by atoms with van der Waals surface area (Å²) < 4.78 is 0. The average Bonchev–Trinajstić information content (AvgIpc) is 3.05. The van der Waals surface area contributed by atoms with E-state index in [1.807, 2.05) is 0 Å². The quantitative estimate of drug-likeness (QED) is 0.782. The molecular formula is C14H24N2O. The zero-order valence-corrected chi connectivity index (χ0v) is 10.7. The van der Waals surface area contributed by atoms with Gasteiger partial charge in [-0.3, -0.25) is 4.79 Å². The molecule has 3 aliphatic rings. The molecule has 0 aromatic rings. The zero-order chi connectivity index (χ0) is 11.8. The number of hydrogen-bond acceptors (Lipinski definition) is 2. The first-order valence-corrected chi connectivity index (χ1v) is 7.26. The highest BCUT2D eigenvalue weighted by atomic mass is 16.1. The van der Waals surface area contributed by atoms with Gasteiger partial charge in [-0.25, -0.2) is 0 Å². The van der Waals surface area contributed by atoms with Crippen LogP contribution in [0.4, 0.5) is 0 Å². The predicted molar refractivity (Wildman–Crippen MR) is 67.6 cm³/mol.